The molecule has 2 aromatic rings. The average molecular weight is 511 g/mol. The zero-order chi connectivity index (χ0) is 21.9. The summed E-state index contributed by atoms with van der Waals surface area (Å²) in [6.07, 6.45) is 0.514. The van der Waals surface area contributed by atoms with E-state index in [1.165, 1.54) is 22.3 Å². The molecule has 0 bridgehead atoms. The van der Waals surface area contributed by atoms with Crippen molar-refractivity contribution in [3.05, 3.63) is 81.2 Å². The quantitative estimate of drug-likeness (QED) is 0.490. The summed E-state index contributed by atoms with van der Waals surface area (Å²) in [4.78, 5) is 0. The van der Waals surface area contributed by atoms with Crippen molar-refractivity contribution in [3.63, 3.8) is 0 Å². The Labute approximate surface area is 224 Å². The van der Waals surface area contributed by atoms with Crippen LogP contribution in [0.5, 0.6) is 0 Å². The molecule has 0 spiro atoms. The molecule has 0 saturated heterocycles. The zero-order valence-corrected chi connectivity index (χ0v) is 24.0. The van der Waals surface area contributed by atoms with Crippen molar-refractivity contribution in [3.8, 4) is 0 Å². The molecule has 0 aliphatic carbocycles. The molecule has 176 valence electrons. The maximum absolute atomic E-state index is 10.0. The molecule has 0 saturated carbocycles. The van der Waals surface area contributed by atoms with Crippen LogP contribution in [0.1, 0.15) is 119 Å². The fraction of sp³-hybridized carbons (Fsp3) is 0.556. The third-order valence-corrected chi connectivity index (χ3v) is 6.10. The average Bonchev–Trinajstić information content (AvgIpc) is 2.66. The molecule has 0 unspecified atom stereocenters. The monoisotopic (exact) mass is 510 g/mol. The first-order valence-corrected chi connectivity index (χ1v) is 11.2. The molecule has 2 rings (SSSR count). The molecule has 2 N–H and O–H groups in total. The van der Waals surface area contributed by atoms with Crippen molar-refractivity contribution in [1.29, 1.82) is 0 Å². The van der Waals surface area contributed by atoms with Gasteiger partial charge < -0.3 is 36.3 Å². The number of rotatable bonds is 8. The second-order valence-electron chi connectivity index (χ2n) is 9.65. The van der Waals surface area contributed by atoms with E-state index in [1.54, 1.807) is 0 Å². The smallest absolute Gasteiger partial charge is 1.00 e. The summed E-state index contributed by atoms with van der Waals surface area (Å²) < 4.78 is 0. The van der Waals surface area contributed by atoms with Crippen molar-refractivity contribution in [1.82, 2.24) is 0 Å². The normalized spacial score (nSPS) is 11.4. The van der Waals surface area contributed by atoms with E-state index in [0.29, 0.717) is 30.1 Å². The largest absolute Gasteiger partial charge is 4.00 e. The van der Waals surface area contributed by atoms with Crippen LogP contribution < -0.4 is 24.8 Å². The summed E-state index contributed by atoms with van der Waals surface area (Å²) in [6, 6.07) is 13.1. The van der Waals surface area contributed by atoms with Gasteiger partial charge in [0.15, 0.2) is 0 Å². The van der Waals surface area contributed by atoms with Gasteiger partial charge in [-0.15, -0.1) is 0 Å². The van der Waals surface area contributed by atoms with E-state index >= 15 is 0 Å². The maximum Gasteiger partial charge on any atom is 4.00 e. The van der Waals surface area contributed by atoms with Crippen molar-refractivity contribution < 1.29 is 46.5 Å². The zero-order valence-electron chi connectivity index (χ0n) is 20.9. The van der Waals surface area contributed by atoms with Crippen LogP contribution in [0.3, 0.4) is 0 Å². The Morgan fingerprint density at radius 1 is 0.625 bits per heavy atom. The molecule has 0 aliphatic heterocycles. The molecule has 0 radical (unpaired) electrons. The third kappa shape index (κ3) is 6.84. The molecule has 0 atom stereocenters. The van der Waals surface area contributed by atoms with E-state index in [0.717, 1.165) is 11.1 Å². The Morgan fingerprint density at radius 2 is 0.875 bits per heavy atom. The van der Waals surface area contributed by atoms with Crippen molar-refractivity contribution in [2.24, 2.45) is 0 Å². The van der Waals surface area contributed by atoms with Crippen LogP contribution in [0.4, 0.5) is 0 Å². The standard InChI is InChI=1S/C27H40N2.2ClH.Ti/c1-17(2)21-11-9-12-22(18(3)4)25(21)27(29,15-16-28)26-23(19(5)6)13-10-14-24(26)20(7)8;;;/h9-14,17-20,28-29H,15-16H2,1-8H3;2*1H;/q-2;;;+4/p-2. The van der Waals surface area contributed by atoms with Gasteiger partial charge in [-0.1, -0.05) is 115 Å². The molecule has 0 amide bonds. The molecule has 0 aromatic heterocycles. The van der Waals surface area contributed by atoms with Crippen LogP contribution in [0.25, 0.3) is 11.5 Å². The first-order valence-electron chi connectivity index (χ1n) is 11.2. The Bertz CT molecular complexity index is 716. The van der Waals surface area contributed by atoms with Crippen LogP contribution in [-0.4, -0.2) is 6.54 Å². The van der Waals surface area contributed by atoms with Crippen molar-refractivity contribution >= 4 is 0 Å². The van der Waals surface area contributed by atoms with Gasteiger partial charge in [0, 0.05) is 0 Å². The van der Waals surface area contributed by atoms with Gasteiger partial charge in [0.05, 0.1) is 0 Å². The van der Waals surface area contributed by atoms with Gasteiger partial charge in [-0.25, -0.2) is 0 Å². The number of nitrogens with one attached hydrogen (secondary N) is 2. The van der Waals surface area contributed by atoms with E-state index in [9.17, 15) is 5.73 Å². The molecule has 0 heterocycles. The number of halogens is 2. The molecule has 2 nitrogen and oxygen atoms in total. The summed E-state index contributed by atoms with van der Waals surface area (Å²) in [5.74, 6) is 1.36. The summed E-state index contributed by atoms with van der Waals surface area (Å²) in [5.41, 5.74) is 24.6. The Balaban J connectivity index is 0. The molecule has 2 aromatic carbocycles. The van der Waals surface area contributed by atoms with Gasteiger partial charge in [-0.2, -0.15) is 6.54 Å². The summed E-state index contributed by atoms with van der Waals surface area (Å²) in [6.45, 7) is 18.0. The topological polar surface area (TPSA) is 47.6 Å². The molecular formula is C27H40Cl2N2Ti. The van der Waals surface area contributed by atoms with E-state index in [2.05, 4.69) is 91.8 Å². The van der Waals surface area contributed by atoms with Gasteiger partial charge >= 0.3 is 21.7 Å². The first-order chi connectivity index (χ1) is 13.6. The van der Waals surface area contributed by atoms with Crippen LogP contribution in [0.15, 0.2) is 36.4 Å². The number of hydrogen-bond donors (Lipinski definition) is 0. The van der Waals surface area contributed by atoms with Gasteiger partial charge in [-0.05, 0) is 45.9 Å². The fourth-order valence-electron chi connectivity index (χ4n) is 4.65. The van der Waals surface area contributed by atoms with Crippen molar-refractivity contribution in [2.75, 3.05) is 6.54 Å². The van der Waals surface area contributed by atoms with Crippen molar-refractivity contribution in [2.45, 2.75) is 91.0 Å². The molecule has 0 aliphatic rings. The van der Waals surface area contributed by atoms with Crippen LogP contribution in [-0.2, 0) is 27.3 Å². The Kier molecular flexibility index (Phi) is 15.0. The maximum atomic E-state index is 10.0. The van der Waals surface area contributed by atoms with E-state index < -0.39 is 5.54 Å². The minimum Gasteiger partial charge on any atom is -1.00 e. The fourth-order valence-corrected chi connectivity index (χ4v) is 4.65. The van der Waals surface area contributed by atoms with E-state index in [-0.39, 0.29) is 53.1 Å². The van der Waals surface area contributed by atoms with Crippen LogP contribution in [0, 0.1) is 0 Å². The SMILES string of the molecule is CC(C)c1cccc(C(C)C)c1C([NH-])(CC[NH-])c1c(C(C)C)cccc1C(C)C.[Cl-].[Cl-].[Ti+4]. The second kappa shape index (κ2) is 14.1. The second-order valence-corrected chi connectivity index (χ2v) is 9.65. The minimum absolute atomic E-state index is 0. The molecule has 5 heteroatoms. The molecular weight excluding hydrogens is 471 g/mol. The number of hydrogen-bond acceptors (Lipinski definition) is 0. The third-order valence-electron chi connectivity index (χ3n) is 6.10. The van der Waals surface area contributed by atoms with Crippen LogP contribution >= 0.6 is 0 Å². The van der Waals surface area contributed by atoms with Gasteiger partial charge in [0.2, 0.25) is 0 Å². The van der Waals surface area contributed by atoms with E-state index in [1.807, 2.05) is 0 Å². The summed E-state index contributed by atoms with van der Waals surface area (Å²) in [7, 11) is 0. The predicted octanol–water partition coefficient (Wildman–Crippen LogP) is 2.92. The Morgan fingerprint density at radius 3 is 1.06 bits per heavy atom. The predicted molar refractivity (Wildman–Crippen MR) is 128 cm³/mol. The number of benzene rings is 2. The molecule has 32 heavy (non-hydrogen) atoms. The Hall–Kier alpha value is -0.346. The molecule has 0 fully saturated rings. The minimum atomic E-state index is -0.914. The van der Waals surface area contributed by atoms with Gasteiger partial charge in [0.1, 0.15) is 0 Å². The summed E-state index contributed by atoms with van der Waals surface area (Å²) >= 11 is 0. The van der Waals surface area contributed by atoms with Gasteiger partial charge in [-0.3, -0.25) is 0 Å². The van der Waals surface area contributed by atoms with Crippen LogP contribution in [0.2, 0.25) is 0 Å². The van der Waals surface area contributed by atoms with Gasteiger partial charge in [0.25, 0.3) is 0 Å². The van der Waals surface area contributed by atoms with E-state index in [4.69, 9.17) is 5.73 Å². The summed E-state index contributed by atoms with van der Waals surface area (Å²) in [5, 5.41) is 0. The first kappa shape index (κ1) is 33.8.